The number of hydrogen-bond acceptors (Lipinski definition) is 1. The van der Waals surface area contributed by atoms with Crippen molar-refractivity contribution in [3.63, 3.8) is 0 Å². The highest BCUT2D eigenvalue weighted by molar-refractivity contribution is 5.83. The summed E-state index contributed by atoms with van der Waals surface area (Å²) in [6.45, 7) is 2.86. The number of hydrogen-bond donors (Lipinski definition) is 1. The zero-order valence-corrected chi connectivity index (χ0v) is 13.1. The molecule has 0 aliphatic carbocycles. The second-order valence-electron chi connectivity index (χ2n) is 5.93. The van der Waals surface area contributed by atoms with Gasteiger partial charge < -0.3 is 9.88 Å². The predicted molar refractivity (Wildman–Crippen MR) is 97.6 cm³/mol. The molecule has 0 radical (unpaired) electrons. The van der Waals surface area contributed by atoms with Crippen LogP contribution in [-0.4, -0.2) is 11.1 Å². The minimum atomic E-state index is 0.907. The average Bonchev–Trinajstić information content (AvgIpc) is 3.02. The van der Waals surface area contributed by atoms with Gasteiger partial charge in [0.05, 0.1) is 0 Å². The van der Waals surface area contributed by atoms with Gasteiger partial charge in [-0.3, -0.25) is 0 Å². The third kappa shape index (κ3) is 2.99. The van der Waals surface area contributed by atoms with Crippen LogP contribution in [0.4, 0.5) is 0 Å². The summed E-state index contributed by atoms with van der Waals surface area (Å²) in [5.74, 6) is 0. The molecule has 1 heterocycles. The molecule has 0 aliphatic rings. The summed E-state index contributed by atoms with van der Waals surface area (Å²) in [7, 11) is 0. The van der Waals surface area contributed by atoms with Crippen LogP contribution in [0, 0.1) is 0 Å². The lowest BCUT2D eigenvalue weighted by Gasteiger charge is -2.08. The second-order valence-corrected chi connectivity index (χ2v) is 5.93. The fourth-order valence-corrected chi connectivity index (χ4v) is 3.12. The predicted octanol–water partition coefficient (Wildman–Crippen LogP) is 4.58. The molecule has 2 nitrogen and oxygen atoms in total. The number of para-hydroxylation sites is 1. The lowest BCUT2D eigenvalue weighted by atomic mass is 10.1. The van der Waals surface area contributed by atoms with Crippen molar-refractivity contribution in [2.45, 2.75) is 13.1 Å². The van der Waals surface area contributed by atoms with Crippen LogP contribution in [0.5, 0.6) is 0 Å². The Kier molecular flexibility index (Phi) is 3.83. The van der Waals surface area contributed by atoms with Gasteiger partial charge in [-0.25, -0.2) is 0 Å². The van der Waals surface area contributed by atoms with Crippen LogP contribution in [0.25, 0.3) is 21.7 Å². The van der Waals surface area contributed by atoms with E-state index in [1.807, 2.05) is 0 Å². The molecule has 0 atom stereocenters. The molecule has 2 heteroatoms. The number of rotatable bonds is 5. The van der Waals surface area contributed by atoms with Gasteiger partial charge in [0.2, 0.25) is 0 Å². The van der Waals surface area contributed by atoms with E-state index in [1.54, 1.807) is 0 Å². The monoisotopic (exact) mass is 300 g/mol. The lowest BCUT2D eigenvalue weighted by Crippen LogP contribution is -2.19. The Balaban J connectivity index is 1.37. The molecule has 0 saturated carbocycles. The molecule has 1 aromatic heterocycles. The SMILES string of the molecule is c1ccc2cc(CNCCn3ccc4ccccc43)ccc2c1. The fraction of sp³-hybridized carbons (Fsp3) is 0.143. The van der Waals surface area contributed by atoms with Crippen LogP contribution in [0.1, 0.15) is 5.56 Å². The van der Waals surface area contributed by atoms with Gasteiger partial charge in [-0.2, -0.15) is 0 Å². The summed E-state index contributed by atoms with van der Waals surface area (Å²) in [5.41, 5.74) is 2.64. The number of benzene rings is 3. The van der Waals surface area contributed by atoms with E-state index >= 15 is 0 Å². The van der Waals surface area contributed by atoms with E-state index in [0.717, 1.165) is 19.6 Å². The first-order valence-electron chi connectivity index (χ1n) is 8.12. The Morgan fingerprint density at radius 2 is 1.52 bits per heavy atom. The highest BCUT2D eigenvalue weighted by Gasteiger charge is 2.00. The Bertz CT molecular complexity index is 937. The summed E-state index contributed by atoms with van der Waals surface area (Å²) in [4.78, 5) is 0. The van der Waals surface area contributed by atoms with Gasteiger partial charge in [0.15, 0.2) is 0 Å². The molecule has 0 unspecified atom stereocenters. The van der Waals surface area contributed by atoms with Crippen molar-refractivity contribution in [2.24, 2.45) is 0 Å². The standard InChI is InChI=1S/C21H20N2/c1-2-7-20-15-17(9-10-18(20)5-1)16-22-12-14-23-13-11-19-6-3-4-8-21(19)23/h1-11,13,15,22H,12,14,16H2. The average molecular weight is 300 g/mol. The van der Waals surface area contributed by atoms with Crippen LogP contribution >= 0.6 is 0 Å². The molecule has 0 saturated heterocycles. The van der Waals surface area contributed by atoms with Gasteiger partial charge in [-0.1, -0.05) is 54.6 Å². The van der Waals surface area contributed by atoms with Gasteiger partial charge in [-0.15, -0.1) is 0 Å². The molecule has 4 rings (SSSR count). The van der Waals surface area contributed by atoms with Gasteiger partial charge in [0, 0.05) is 31.3 Å². The van der Waals surface area contributed by atoms with Crippen molar-refractivity contribution in [1.29, 1.82) is 0 Å². The normalized spacial score (nSPS) is 11.3. The molecule has 4 aromatic rings. The van der Waals surface area contributed by atoms with Crippen molar-refractivity contribution in [1.82, 2.24) is 9.88 Å². The Morgan fingerprint density at radius 3 is 2.43 bits per heavy atom. The van der Waals surface area contributed by atoms with E-state index < -0.39 is 0 Å². The number of nitrogens with zero attached hydrogens (tertiary/aromatic N) is 1. The molecule has 0 fully saturated rings. The minimum absolute atomic E-state index is 0.907. The minimum Gasteiger partial charge on any atom is -0.346 e. The maximum atomic E-state index is 3.55. The van der Waals surface area contributed by atoms with Crippen LogP contribution < -0.4 is 5.32 Å². The molecular weight excluding hydrogens is 280 g/mol. The van der Waals surface area contributed by atoms with Crippen LogP contribution in [0.3, 0.4) is 0 Å². The zero-order chi connectivity index (χ0) is 15.5. The molecule has 1 N–H and O–H groups in total. The smallest absolute Gasteiger partial charge is 0.0480 e. The summed E-state index contributed by atoms with van der Waals surface area (Å²) in [6, 6.07) is 25.9. The number of fused-ring (bicyclic) bond motifs is 2. The third-order valence-electron chi connectivity index (χ3n) is 4.35. The molecular formula is C21H20N2. The molecule has 0 aliphatic heterocycles. The van der Waals surface area contributed by atoms with Crippen molar-refractivity contribution in [3.8, 4) is 0 Å². The van der Waals surface area contributed by atoms with Crippen LogP contribution in [-0.2, 0) is 13.1 Å². The van der Waals surface area contributed by atoms with E-state index in [4.69, 9.17) is 0 Å². The third-order valence-corrected chi connectivity index (χ3v) is 4.35. The van der Waals surface area contributed by atoms with E-state index in [1.165, 1.54) is 27.2 Å². The van der Waals surface area contributed by atoms with Crippen molar-refractivity contribution >= 4 is 21.7 Å². The molecule has 0 amide bonds. The topological polar surface area (TPSA) is 17.0 Å². The summed E-state index contributed by atoms with van der Waals surface area (Å²) < 4.78 is 2.31. The quantitative estimate of drug-likeness (QED) is 0.534. The molecule has 0 bridgehead atoms. The fourth-order valence-electron chi connectivity index (χ4n) is 3.12. The van der Waals surface area contributed by atoms with Crippen LogP contribution in [0.2, 0.25) is 0 Å². The van der Waals surface area contributed by atoms with E-state index in [9.17, 15) is 0 Å². The first kappa shape index (κ1) is 14.0. The van der Waals surface area contributed by atoms with Gasteiger partial charge in [0.25, 0.3) is 0 Å². The maximum absolute atomic E-state index is 3.55. The van der Waals surface area contributed by atoms with Crippen LogP contribution in [0.15, 0.2) is 79.0 Å². The molecule has 23 heavy (non-hydrogen) atoms. The summed E-state index contributed by atoms with van der Waals surface area (Å²) in [5, 5.41) is 7.47. The first-order valence-corrected chi connectivity index (χ1v) is 8.12. The van der Waals surface area contributed by atoms with Crippen molar-refractivity contribution < 1.29 is 0 Å². The molecule has 3 aromatic carbocycles. The van der Waals surface area contributed by atoms with E-state index in [-0.39, 0.29) is 0 Å². The Labute approximate surface area is 136 Å². The lowest BCUT2D eigenvalue weighted by molar-refractivity contribution is 0.609. The van der Waals surface area contributed by atoms with Crippen molar-refractivity contribution in [3.05, 3.63) is 84.6 Å². The highest BCUT2D eigenvalue weighted by atomic mass is 15.0. The maximum Gasteiger partial charge on any atom is 0.0480 e. The van der Waals surface area contributed by atoms with Gasteiger partial charge in [0.1, 0.15) is 0 Å². The van der Waals surface area contributed by atoms with Crippen molar-refractivity contribution in [2.75, 3.05) is 6.54 Å². The zero-order valence-electron chi connectivity index (χ0n) is 13.1. The first-order chi connectivity index (χ1) is 11.4. The summed E-state index contributed by atoms with van der Waals surface area (Å²) in [6.07, 6.45) is 2.17. The van der Waals surface area contributed by atoms with E-state index in [0.29, 0.717) is 0 Å². The second kappa shape index (κ2) is 6.27. The van der Waals surface area contributed by atoms with Gasteiger partial charge in [-0.05, 0) is 39.9 Å². The van der Waals surface area contributed by atoms with E-state index in [2.05, 4.69) is 88.9 Å². The van der Waals surface area contributed by atoms with Gasteiger partial charge >= 0.3 is 0 Å². The summed E-state index contributed by atoms with van der Waals surface area (Å²) >= 11 is 0. The number of aromatic nitrogens is 1. The number of nitrogens with one attached hydrogen (secondary N) is 1. The molecule has 114 valence electrons. The highest BCUT2D eigenvalue weighted by Crippen LogP contribution is 2.16. The Morgan fingerprint density at radius 1 is 0.739 bits per heavy atom. The largest absolute Gasteiger partial charge is 0.346 e. The Hall–Kier alpha value is -2.58. The molecule has 0 spiro atoms.